The summed E-state index contributed by atoms with van der Waals surface area (Å²) in [4.78, 5) is 32.3. The van der Waals surface area contributed by atoms with Crippen molar-refractivity contribution >= 4 is 33.7 Å². The van der Waals surface area contributed by atoms with Crippen molar-refractivity contribution in [2.75, 3.05) is 13.2 Å². The molecule has 5 aromatic rings. The maximum atomic E-state index is 13.2. The summed E-state index contributed by atoms with van der Waals surface area (Å²) >= 11 is 0. The Hall–Kier alpha value is -4.45. The van der Waals surface area contributed by atoms with Gasteiger partial charge in [-0.15, -0.1) is 0 Å². The number of nitrogens with zero attached hydrogens (tertiary/aromatic N) is 2. The molecule has 2 heterocycles. The molecule has 172 valence electrons. The number of ether oxygens (including phenoxy) is 1. The highest BCUT2D eigenvalue weighted by atomic mass is 16.5. The molecule has 0 atom stereocenters. The van der Waals surface area contributed by atoms with E-state index in [2.05, 4.69) is 11.1 Å². The molecule has 0 aliphatic carbocycles. The third kappa shape index (κ3) is 3.93. The fourth-order valence-corrected chi connectivity index (χ4v) is 4.68. The zero-order valence-corrected chi connectivity index (χ0v) is 18.9. The predicted octanol–water partition coefficient (Wildman–Crippen LogP) is 5.39. The molecule has 6 heteroatoms. The third-order valence-corrected chi connectivity index (χ3v) is 6.46. The number of oxazole rings is 1. The molecule has 1 aliphatic heterocycles. The molecule has 1 aliphatic rings. The summed E-state index contributed by atoms with van der Waals surface area (Å²) in [6.07, 6.45) is 0.799. The molecule has 35 heavy (non-hydrogen) atoms. The van der Waals surface area contributed by atoms with Crippen LogP contribution in [0.15, 0.2) is 89.3 Å². The van der Waals surface area contributed by atoms with Crippen molar-refractivity contribution in [2.24, 2.45) is 0 Å². The van der Waals surface area contributed by atoms with Crippen LogP contribution in [0.25, 0.3) is 33.3 Å². The average Bonchev–Trinajstić information content (AvgIpc) is 3.35. The van der Waals surface area contributed by atoms with Crippen molar-refractivity contribution in [2.45, 2.75) is 13.0 Å². The Morgan fingerprint density at radius 2 is 1.66 bits per heavy atom. The van der Waals surface area contributed by atoms with Gasteiger partial charge in [-0.05, 0) is 47.2 Å². The molecule has 1 aromatic heterocycles. The number of benzene rings is 4. The van der Waals surface area contributed by atoms with E-state index < -0.39 is 5.97 Å². The van der Waals surface area contributed by atoms with Gasteiger partial charge in [-0.3, -0.25) is 4.79 Å². The van der Waals surface area contributed by atoms with E-state index in [0.29, 0.717) is 41.1 Å². The summed E-state index contributed by atoms with van der Waals surface area (Å²) in [7, 11) is 0. The quantitative estimate of drug-likeness (QED) is 0.335. The van der Waals surface area contributed by atoms with Gasteiger partial charge >= 0.3 is 5.97 Å². The second-order valence-corrected chi connectivity index (χ2v) is 8.61. The number of esters is 1. The Labute approximate surface area is 201 Å². The predicted molar refractivity (Wildman–Crippen MR) is 133 cm³/mol. The summed E-state index contributed by atoms with van der Waals surface area (Å²) in [5, 5.41) is 1.55. The molecule has 0 radical (unpaired) electrons. The van der Waals surface area contributed by atoms with Crippen molar-refractivity contribution < 1.29 is 18.7 Å². The van der Waals surface area contributed by atoms with Crippen LogP contribution in [0, 0.1) is 0 Å². The van der Waals surface area contributed by atoms with Gasteiger partial charge in [-0.25, -0.2) is 9.78 Å². The Bertz CT molecular complexity index is 1550. The number of hydrogen-bond donors (Lipinski definition) is 0. The average molecular weight is 463 g/mol. The topological polar surface area (TPSA) is 72.6 Å². The van der Waals surface area contributed by atoms with Gasteiger partial charge in [-0.1, -0.05) is 60.7 Å². The summed E-state index contributed by atoms with van der Waals surface area (Å²) in [5.41, 5.74) is 4.88. The fraction of sp³-hybridized carbons (Fsp3) is 0.138. The Morgan fingerprint density at radius 1 is 0.886 bits per heavy atom. The van der Waals surface area contributed by atoms with Gasteiger partial charge in [0.2, 0.25) is 5.89 Å². The second kappa shape index (κ2) is 8.72. The molecule has 6 rings (SSSR count). The first-order valence-corrected chi connectivity index (χ1v) is 11.6. The Balaban J connectivity index is 1.26. The lowest BCUT2D eigenvalue weighted by atomic mass is 9.99. The minimum Gasteiger partial charge on any atom is -0.452 e. The van der Waals surface area contributed by atoms with E-state index in [0.717, 1.165) is 22.9 Å². The molecular formula is C29H22N2O4. The lowest BCUT2D eigenvalue weighted by Gasteiger charge is -2.28. The maximum absolute atomic E-state index is 13.2. The summed E-state index contributed by atoms with van der Waals surface area (Å²) in [5.74, 6) is -0.322. The molecule has 0 saturated heterocycles. The van der Waals surface area contributed by atoms with Crippen LogP contribution in [0.3, 0.4) is 0 Å². The van der Waals surface area contributed by atoms with E-state index in [1.807, 2.05) is 66.7 Å². The van der Waals surface area contributed by atoms with E-state index in [9.17, 15) is 9.59 Å². The third-order valence-electron chi connectivity index (χ3n) is 6.46. The van der Waals surface area contributed by atoms with E-state index in [1.54, 1.807) is 17.0 Å². The number of rotatable bonds is 4. The van der Waals surface area contributed by atoms with Crippen molar-refractivity contribution in [3.8, 4) is 11.5 Å². The van der Waals surface area contributed by atoms with E-state index in [-0.39, 0.29) is 12.5 Å². The smallest absolute Gasteiger partial charge is 0.339 e. The lowest BCUT2D eigenvalue weighted by Crippen LogP contribution is -2.38. The zero-order valence-electron chi connectivity index (χ0n) is 18.9. The first-order valence-electron chi connectivity index (χ1n) is 11.6. The van der Waals surface area contributed by atoms with Gasteiger partial charge in [0.25, 0.3) is 5.91 Å². The normalized spacial score (nSPS) is 13.1. The van der Waals surface area contributed by atoms with Crippen molar-refractivity contribution in [1.82, 2.24) is 9.88 Å². The molecule has 0 fully saturated rings. The molecule has 0 spiro atoms. The van der Waals surface area contributed by atoms with Gasteiger partial charge < -0.3 is 14.1 Å². The highest BCUT2D eigenvalue weighted by Gasteiger charge is 2.23. The van der Waals surface area contributed by atoms with Crippen molar-refractivity contribution in [1.29, 1.82) is 0 Å². The van der Waals surface area contributed by atoms with Crippen molar-refractivity contribution in [3.63, 3.8) is 0 Å². The summed E-state index contributed by atoms with van der Waals surface area (Å²) in [6, 6.07) is 26.8. The van der Waals surface area contributed by atoms with E-state index in [1.165, 1.54) is 5.56 Å². The van der Waals surface area contributed by atoms with Gasteiger partial charge in [0.15, 0.2) is 12.2 Å². The molecule has 0 bridgehead atoms. The number of aromatic nitrogens is 1. The van der Waals surface area contributed by atoms with Crippen LogP contribution in [0.2, 0.25) is 0 Å². The zero-order chi connectivity index (χ0) is 23.8. The maximum Gasteiger partial charge on any atom is 0.339 e. The van der Waals surface area contributed by atoms with Crippen LogP contribution in [0.5, 0.6) is 0 Å². The van der Waals surface area contributed by atoms with Crippen LogP contribution in [0.4, 0.5) is 0 Å². The number of carbonyl (C=O) groups is 2. The summed E-state index contributed by atoms with van der Waals surface area (Å²) in [6.45, 7) is 0.842. The molecule has 4 aromatic carbocycles. The highest BCUT2D eigenvalue weighted by Crippen LogP contribution is 2.33. The van der Waals surface area contributed by atoms with Crippen LogP contribution < -0.4 is 0 Å². The Morgan fingerprint density at radius 3 is 2.51 bits per heavy atom. The monoisotopic (exact) mass is 462 g/mol. The largest absolute Gasteiger partial charge is 0.452 e. The van der Waals surface area contributed by atoms with Gasteiger partial charge in [-0.2, -0.15) is 0 Å². The fourth-order valence-electron chi connectivity index (χ4n) is 4.68. The lowest BCUT2D eigenvalue weighted by molar-refractivity contribution is -0.135. The number of amides is 1. The molecule has 6 nitrogen and oxygen atoms in total. The standard InChI is InChI=1S/C29H22N2O4/c32-26(31-16-15-19-7-1-2-8-21(19)17-31)18-34-29(33)23-12-6-10-20-9-5-11-22(27(20)23)28-30-24-13-3-4-14-25(24)35-28/h1-14H,15-18H2. The Kier molecular flexibility index (Phi) is 5.26. The van der Waals surface area contributed by atoms with Crippen LogP contribution in [0.1, 0.15) is 21.5 Å². The minimum atomic E-state index is -0.551. The van der Waals surface area contributed by atoms with E-state index in [4.69, 9.17) is 9.15 Å². The molecule has 0 saturated carbocycles. The van der Waals surface area contributed by atoms with E-state index >= 15 is 0 Å². The molecule has 0 N–H and O–H groups in total. The number of para-hydroxylation sites is 2. The molecule has 0 unspecified atom stereocenters. The number of carbonyl (C=O) groups excluding carboxylic acids is 2. The minimum absolute atomic E-state index is 0.202. The van der Waals surface area contributed by atoms with Crippen LogP contribution >= 0.6 is 0 Å². The van der Waals surface area contributed by atoms with Gasteiger partial charge in [0.1, 0.15) is 5.52 Å². The molecule has 1 amide bonds. The number of fused-ring (bicyclic) bond motifs is 3. The van der Waals surface area contributed by atoms with Gasteiger partial charge in [0.05, 0.1) is 5.56 Å². The summed E-state index contributed by atoms with van der Waals surface area (Å²) < 4.78 is 11.5. The number of hydrogen-bond acceptors (Lipinski definition) is 5. The SMILES string of the molecule is O=C(OCC(=O)N1CCc2ccccc2C1)c1cccc2cccc(-c3nc4ccccc4o3)c12. The van der Waals surface area contributed by atoms with Crippen LogP contribution in [-0.4, -0.2) is 34.9 Å². The second-order valence-electron chi connectivity index (χ2n) is 8.61. The van der Waals surface area contributed by atoms with Crippen molar-refractivity contribution in [3.05, 3.63) is 102 Å². The molecular weight excluding hydrogens is 440 g/mol. The first kappa shape index (κ1) is 21.1. The van der Waals surface area contributed by atoms with Crippen LogP contribution in [-0.2, 0) is 22.5 Å². The first-order chi connectivity index (χ1) is 17.2. The highest BCUT2D eigenvalue weighted by molar-refractivity contribution is 6.10. The van der Waals surface area contributed by atoms with Gasteiger partial charge in [0, 0.05) is 24.0 Å².